The number of nitrogen functional groups attached to an aromatic ring is 1. The Balaban J connectivity index is 1.52. The molecule has 0 radical (unpaired) electrons. The molecule has 0 unspecified atom stereocenters. The van der Waals surface area contributed by atoms with Crippen molar-refractivity contribution in [2.75, 3.05) is 55.8 Å². The monoisotopic (exact) mass is 342 g/mol. The van der Waals surface area contributed by atoms with Crippen LogP contribution in [-0.4, -0.2) is 54.3 Å². The van der Waals surface area contributed by atoms with E-state index < -0.39 is 0 Å². The molecule has 1 fully saturated rings. The van der Waals surface area contributed by atoms with Crippen LogP contribution >= 0.6 is 0 Å². The summed E-state index contributed by atoms with van der Waals surface area (Å²) < 4.78 is 5.36. The number of morpholine rings is 1. The van der Waals surface area contributed by atoms with Crippen LogP contribution in [0.3, 0.4) is 0 Å². The van der Waals surface area contributed by atoms with E-state index >= 15 is 0 Å². The molecule has 1 aromatic heterocycles. The van der Waals surface area contributed by atoms with Crippen LogP contribution in [0.2, 0.25) is 0 Å². The van der Waals surface area contributed by atoms with E-state index in [1.54, 1.807) is 0 Å². The lowest BCUT2D eigenvalue weighted by Gasteiger charge is -2.26. The third kappa shape index (κ3) is 5.04. The molecule has 25 heavy (non-hydrogen) atoms. The molecule has 1 aromatic carbocycles. The first-order valence-corrected chi connectivity index (χ1v) is 8.66. The zero-order chi connectivity index (χ0) is 17.5. The van der Waals surface area contributed by atoms with E-state index in [0.717, 1.165) is 39.4 Å². The van der Waals surface area contributed by atoms with Crippen LogP contribution in [0.4, 0.5) is 17.3 Å². The lowest BCUT2D eigenvalue weighted by molar-refractivity contribution is 0.0398. The molecule has 2 aromatic rings. The summed E-state index contributed by atoms with van der Waals surface area (Å²) in [5.41, 5.74) is 9.19. The highest BCUT2D eigenvalue weighted by Gasteiger charge is 2.11. The van der Waals surface area contributed by atoms with Crippen LogP contribution in [0.15, 0.2) is 30.6 Å². The van der Waals surface area contributed by atoms with Gasteiger partial charge in [-0.2, -0.15) is 0 Å². The number of nitrogens with two attached hydrogens (primary N) is 1. The summed E-state index contributed by atoms with van der Waals surface area (Å²) in [5.74, 6) is 1.33. The Labute approximate surface area is 148 Å². The summed E-state index contributed by atoms with van der Waals surface area (Å²) in [7, 11) is 0. The topological polar surface area (TPSA) is 88.3 Å². The fourth-order valence-electron chi connectivity index (χ4n) is 2.73. The van der Waals surface area contributed by atoms with E-state index in [4.69, 9.17) is 10.5 Å². The molecular weight excluding hydrogens is 316 g/mol. The van der Waals surface area contributed by atoms with E-state index in [1.165, 1.54) is 17.5 Å². The molecular formula is C18H26N6O. The number of aryl methyl sites for hydroxylation is 1. The quantitative estimate of drug-likeness (QED) is 0.706. The van der Waals surface area contributed by atoms with Gasteiger partial charge in [0.15, 0.2) is 11.6 Å². The summed E-state index contributed by atoms with van der Waals surface area (Å²) in [4.78, 5) is 10.9. The van der Waals surface area contributed by atoms with Gasteiger partial charge in [-0.05, 0) is 12.5 Å². The predicted octanol–water partition coefficient (Wildman–Crippen LogP) is 1.72. The van der Waals surface area contributed by atoms with Gasteiger partial charge in [0.05, 0.1) is 13.2 Å². The minimum Gasteiger partial charge on any atom is -0.393 e. The Morgan fingerprint density at radius 3 is 2.48 bits per heavy atom. The second kappa shape index (κ2) is 8.64. The van der Waals surface area contributed by atoms with Gasteiger partial charge < -0.3 is 21.1 Å². The molecule has 0 aliphatic carbocycles. The SMILES string of the molecule is Cc1ccc(CNc2ncnc(NCCN3CCOCC3)c2N)cc1. The smallest absolute Gasteiger partial charge is 0.155 e. The molecule has 4 N–H and O–H groups in total. The van der Waals surface area contributed by atoms with Gasteiger partial charge >= 0.3 is 0 Å². The summed E-state index contributed by atoms with van der Waals surface area (Å²) in [6, 6.07) is 8.39. The standard InChI is InChI=1S/C18H26N6O/c1-14-2-4-15(5-3-14)12-21-18-16(19)17(22-13-23-18)20-6-7-24-8-10-25-11-9-24/h2-5,13H,6-12,19H2,1H3,(H2,20,21,22,23). The Bertz CT molecular complexity index is 670. The number of aromatic nitrogens is 2. The first-order chi connectivity index (χ1) is 12.2. The summed E-state index contributed by atoms with van der Waals surface area (Å²) >= 11 is 0. The first kappa shape index (κ1) is 17.4. The molecule has 134 valence electrons. The van der Waals surface area contributed by atoms with Gasteiger partial charge in [0.2, 0.25) is 0 Å². The Kier molecular flexibility index (Phi) is 6.03. The second-order valence-corrected chi connectivity index (χ2v) is 6.20. The van der Waals surface area contributed by atoms with E-state index in [9.17, 15) is 0 Å². The lowest BCUT2D eigenvalue weighted by atomic mass is 10.1. The highest BCUT2D eigenvalue weighted by Crippen LogP contribution is 2.22. The number of ether oxygens (including phenoxy) is 1. The normalized spacial score (nSPS) is 15.1. The van der Waals surface area contributed by atoms with Gasteiger partial charge in [0.1, 0.15) is 12.0 Å². The van der Waals surface area contributed by atoms with E-state index in [-0.39, 0.29) is 0 Å². The van der Waals surface area contributed by atoms with Crippen molar-refractivity contribution in [2.45, 2.75) is 13.5 Å². The van der Waals surface area contributed by atoms with Crippen LogP contribution in [-0.2, 0) is 11.3 Å². The number of nitrogens with zero attached hydrogens (tertiary/aromatic N) is 3. The van der Waals surface area contributed by atoms with Crippen LogP contribution in [0, 0.1) is 6.92 Å². The minimum atomic E-state index is 0.552. The maximum absolute atomic E-state index is 6.21. The summed E-state index contributed by atoms with van der Waals surface area (Å²) in [6.07, 6.45) is 1.53. The molecule has 0 spiro atoms. The Morgan fingerprint density at radius 1 is 1.08 bits per heavy atom. The van der Waals surface area contributed by atoms with Crippen molar-refractivity contribution >= 4 is 17.3 Å². The average molecular weight is 342 g/mol. The molecule has 7 heteroatoms. The van der Waals surface area contributed by atoms with E-state index in [0.29, 0.717) is 23.9 Å². The molecule has 3 rings (SSSR count). The van der Waals surface area contributed by atoms with Gasteiger partial charge in [0.25, 0.3) is 0 Å². The zero-order valence-electron chi connectivity index (χ0n) is 14.7. The van der Waals surface area contributed by atoms with E-state index in [1.807, 2.05) is 0 Å². The molecule has 2 heterocycles. The average Bonchev–Trinajstić information content (AvgIpc) is 2.64. The Hall–Kier alpha value is -2.38. The summed E-state index contributed by atoms with van der Waals surface area (Å²) in [5, 5.41) is 6.59. The van der Waals surface area contributed by atoms with Gasteiger partial charge in [-0.1, -0.05) is 29.8 Å². The maximum Gasteiger partial charge on any atom is 0.155 e. The second-order valence-electron chi connectivity index (χ2n) is 6.20. The molecule has 1 aliphatic rings. The minimum absolute atomic E-state index is 0.552. The molecule has 0 saturated carbocycles. The third-order valence-corrected chi connectivity index (χ3v) is 4.29. The van der Waals surface area contributed by atoms with Gasteiger partial charge in [-0.15, -0.1) is 0 Å². The molecule has 7 nitrogen and oxygen atoms in total. The van der Waals surface area contributed by atoms with Crippen molar-refractivity contribution in [3.8, 4) is 0 Å². The number of benzene rings is 1. The van der Waals surface area contributed by atoms with E-state index in [2.05, 4.69) is 56.7 Å². The number of anilines is 3. The zero-order valence-corrected chi connectivity index (χ0v) is 14.7. The highest BCUT2D eigenvalue weighted by molar-refractivity contribution is 5.73. The van der Waals surface area contributed by atoms with Crippen molar-refractivity contribution < 1.29 is 4.74 Å². The van der Waals surface area contributed by atoms with Crippen molar-refractivity contribution in [2.24, 2.45) is 0 Å². The van der Waals surface area contributed by atoms with Gasteiger partial charge in [-0.25, -0.2) is 9.97 Å². The number of hydrogen-bond donors (Lipinski definition) is 3. The van der Waals surface area contributed by atoms with Crippen LogP contribution in [0.25, 0.3) is 0 Å². The lowest BCUT2D eigenvalue weighted by Crippen LogP contribution is -2.39. The fourth-order valence-corrected chi connectivity index (χ4v) is 2.73. The third-order valence-electron chi connectivity index (χ3n) is 4.29. The molecule has 0 atom stereocenters. The number of nitrogens with one attached hydrogen (secondary N) is 2. The highest BCUT2D eigenvalue weighted by atomic mass is 16.5. The van der Waals surface area contributed by atoms with Crippen molar-refractivity contribution in [1.29, 1.82) is 0 Å². The van der Waals surface area contributed by atoms with Gasteiger partial charge in [0, 0.05) is 32.7 Å². The van der Waals surface area contributed by atoms with Crippen LogP contribution < -0.4 is 16.4 Å². The van der Waals surface area contributed by atoms with Crippen molar-refractivity contribution in [3.63, 3.8) is 0 Å². The fraction of sp³-hybridized carbons (Fsp3) is 0.444. The summed E-state index contributed by atoms with van der Waals surface area (Å²) in [6.45, 7) is 8.06. The molecule has 0 bridgehead atoms. The first-order valence-electron chi connectivity index (χ1n) is 8.66. The molecule has 0 amide bonds. The predicted molar refractivity (Wildman–Crippen MR) is 101 cm³/mol. The van der Waals surface area contributed by atoms with Gasteiger partial charge in [-0.3, -0.25) is 4.90 Å². The van der Waals surface area contributed by atoms with Crippen LogP contribution in [0.1, 0.15) is 11.1 Å². The van der Waals surface area contributed by atoms with Crippen molar-refractivity contribution in [1.82, 2.24) is 14.9 Å². The number of hydrogen-bond acceptors (Lipinski definition) is 7. The molecule has 1 aliphatic heterocycles. The number of rotatable bonds is 7. The largest absolute Gasteiger partial charge is 0.393 e. The van der Waals surface area contributed by atoms with Crippen molar-refractivity contribution in [3.05, 3.63) is 41.7 Å². The Morgan fingerprint density at radius 2 is 1.76 bits per heavy atom. The molecule has 1 saturated heterocycles. The maximum atomic E-state index is 6.21. The van der Waals surface area contributed by atoms with Crippen LogP contribution in [0.5, 0.6) is 0 Å².